The molecule has 168 valence electrons. The Morgan fingerprint density at radius 3 is 2.53 bits per heavy atom. The van der Waals surface area contributed by atoms with Crippen molar-refractivity contribution in [2.24, 2.45) is 4.99 Å². The number of nitrogens with one attached hydrogen (secondary N) is 2. The number of rotatable bonds is 8. The third-order valence-corrected chi connectivity index (χ3v) is 4.98. The van der Waals surface area contributed by atoms with Crippen LogP contribution in [0, 0.1) is 0 Å². The van der Waals surface area contributed by atoms with E-state index in [9.17, 15) is 13.2 Å². The van der Waals surface area contributed by atoms with Gasteiger partial charge in [0.1, 0.15) is 10.8 Å². The Hall–Kier alpha value is -1.60. The highest BCUT2D eigenvalue weighted by molar-refractivity contribution is 14.0. The normalized spacial score (nSPS) is 13.0. The van der Waals surface area contributed by atoms with Crippen molar-refractivity contribution < 1.29 is 17.9 Å². The zero-order chi connectivity index (χ0) is 21.4. The average Bonchev–Trinajstić information content (AvgIpc) is 3.16. The summed E-state index contributed by atoms with van der Waals surface area (Å²) < 4.78 is 43.6. The van der Waals surface area contributed by atoms with Crippen LogP contribution in [0.1, 0.15) is 29.2 Å². The molecule has 0 fully saturated rings. The van der Waals surface area contributed by atoms with Gasteiger partial charge in [0.05, 0.1) is 19.7 Å². The predicted octanol–water partition coefficient (Wildman–Crippen LogP) is 4.15. The second-order valence-electron chi connectivity index (χ2n) is 6.42. The first-order valence-electron chi connectivity index (χ1n) is 9.09. The van der Waals surface area contributed by atoms with E-state index >= 15 is 0 Å². The maximum absolute atomic E-state index is 12.7. The molecule has 1 aromatic carbocycles. The molecule has 30 heavy (non-hydrogen) atoms. The molecule has 0 amide bonds. The lowest BCUT2D eigenvalue weighted by Gasteiger charge is -2.27. The van der Waals surface area contributed by atoms with Gasteiger partial charge >= 0.3 is 6.18 Å². The first kappa shape index (κ1) is 26.4. The van der Waals surface area contributed by atoms with Crippen LogP contribution in [-0.4, -0.2) is 50.1 Å². The average molecular weight is 557 g/mol. The maximum atomic E-state index is 12.7. The van der Waals surface area contributed by atoms with Crippen LogP contribution in [0.2, 0.25) is 0 Å². The number of guanidine groups is 1. The SMILES string of the molecule is CCNC(=NCc1nc(C(F)(F)F)cs1)NCC(c1ccccc1OC)N(C)C.I. The van der Waals surface area contributed by atoms with Gasteiger partial charge in [0.15, 0.2) is 11.7 Å². The highest BCUT2D eigenvalue weighted by Crippen LogP contribution is 2.30. The molecule has 11 heteroatoms. The zero-order valence-electron chi connectivity index (χ0n) is 17.3. The van der Waals surface area contributed by atoms with Gasteiger partial charge in [0, 0.05) is 24.0 Å². The summed E-state index contributed by atoms with van der Waals surface area (Å²) in [5, 5.41) is 7.68. The Morgan fingerprint density at radius 2 is 1.97 bits per heavy atom. The molecular formula is C19H27F3IN5OS. The molecule has 0 aliphatic carbocycles. The molecule has 2 rings (SSSR count). The molecule has 0 aliphatic heterocycles. The molecule has 0 spiro atoms. The number of benzene rings is 1. The molecule has 1 aromatic heterocycles. The van der Waals surface area contributed by atoms with Gasteiger partial charge in [0.2, 0.25) is 0 Å². The van der Waals surface area contributed by atoms with E-state index in [-0.39, 0.29) is 36.6 Å². The maximum Gasteiger partial charge on any atom is 0.434 e. The lowest BCUT2D eigenvalue weighted by molar-refractivity contribution is -0.140. The van der Waals surface area contributed by atoms with Crippen LogP contribution in [-0.2, 0) is 12.7 Å². The summed E-state index contributed by atoms with van der Waals surface area (Å²) >= 11 is 0.949. The highest BCUT2D eigenvalue weighted by Gasteiger charge is 2.33. The molecule has 0 aliphatic rings. The summed E-state index contributed by atoms with van der Waals surface area (Å²) in [6.07, 6.45) is -4.44. The molecule has 1 heterocycles. The number of nitrogens with zero attached hydrogens (tertiary/aromatic N) is 3. The van der Waals surface area contributed by atoms with Gasteiger partial charge in [-0.3, -0.25) is 0 Å². The van der Waals surface area contributed by atoms with Gasteiger partial charge in [0.25, 0.3) is 0 Å². The minimum atomic E-state index is -4.44. The van der Waals surface area contributed by atoms with E-state index < -0.39 is 11.9 Å². The minimum absolute atomic E-state index is 0. The van der Waals surface area contributed by atoms with Gasteiger partial charge in [-0.2, -0.15) is 13.2 Å². The predicted molar refractivity (Wildman–Crippen MR) is 125 cm³/mol. The highest BCUT2D eigenvalue weighted by atomic mass is 127. The molecule has 1 unspecified atom stereocenters. The first-order chi connectivity index (χ1) is 13.8. The van der Waals surface area contributed by atoms with Crippen LogP contribution in [0.4, 0.5) is 13.2 Å². The van der Waals surface area contributed by atoms with Gasteiger partial charge in [-0.05, 0) is 27.1 Å². The van der Waals surface area contributed by atoms with E-state index in [1.807, 2.05) is 45.3 Å². The topological polar surface area (TPSA) is 61.8 Å². The van der Waals surface area contributed by atoms with Crippen LogP contribution >= 0.6 is 35.3 Å². The first-order valence-corrected chi connectivity index (χ1v) is 9.97. The smallest absolute Gasteiger partial charge is 0.434 e. The Bertz CT molecular complexity index is 813. The van der Waals surface area contributed by atoms with Gasteiger partial charge < -0.3 is 20.3 Å². The van der Waals surface area contributed by atoms with Crippen LogP contribution < -0.4 is 15.4 Å². The van der Waals surface area contributed by atoms with E-state index in [1.54, 1.807) is 7.11 Å². The van der Waals surface area contributed by atoms with Crippen molar-refractivity contribution in [2.75, 3.05) is 34.3 Å². The number of aromatic nitrogens is 1. The third kappa shape index (κ3) is 7.58. The summed E-state index contributed by atoms with van der Waals surface area (Å²) in [5.74, 6) is 1.30. The molecule has 0 radical (unpaired) electrons. The van der Waals surface area contributed by atoms with Gasteiger partial charge in [-0.25, -0.2) is 9.98 Å². The third-order valence-electron chi connectivity index (χ3n) is 4.14. The number of hydrogen-bond donors (Lipinski definition) is 2. The molecule has 0 saturated heterocycles. The standard InChI is InChI=1S/C19H26F3N5OS.HI/c1-5-23-18(25-11-17-26-16(12-29-17)19(20,21)22)24-10-14(27(2)3)13-8-6-7-9-15(13)28-4;/h6-9,12,14H,5,10-11H2,1-4H3,(H2,23,24,25);1H. The molecule has 2 N–H and O–H groups in total. The largest absolute Gasteiger partial charge is 0.496 e. The van der Waals surface area contributed by atoms with E-state index in [1.165, 1.54) is 0 Å². The van der Waals surface area contributed by atoms with E-state index in [2.05, 4.69) is 25.5 Å². The Kier molecular flexibility index (Phi) is 10.8. The summed E-state index contributed by atoms with van der Waals surface area (Å²) in [5.41, 5.74) is 0.146. The summed E-state index contributed by atoms with van der Waals surface area (Å²) in [6.45, 7) is 3.15. The second kappa shape index (κ2) is 12.3. The van der Waals surface area contributed by atoms with Crippen molar-refractivity contribution in [3.8, 4) is 5.75 Å². The number of ether oxygens (including phenoxy) is 1. The monoisotopic (exact) mass is 557 g/mol. The number of alkyl halides is 3. The molecular weight excluding hydrogens is 530 g/mol. The lowest BCUT2D eigenvalue weighted by Crippen LogP contribution is -2.41. The number of likely N-dealkylation sites (N-methyl/N-ethyl adjacent to an activating group) is 1. The minimum Gasteiger partial charge on any atom is -0.496 e. The van der Waals surface area contributed by atoms with Crippen LogP contribution in [0.3, 0.4) is 0 Å². The summed E-state index contributed by atoms with van der Waals surface area (Å²) in [6, 6.07) is 7.78. The Morgan fingerprint density at radius 1 is 1.27 bits per heavy atom. The quantitative estimate of drug-likeness (QED) is 0.290. The lowest BCUT2D eigenvalue weighted by atomic mass is 10.0. The number of para-hydroxylation sites is 1. The summed E-state index contributed by atoms with van der Waals surface area (Å²) in [4.78, 5) is 10.0. The van der Waals surface area contributed by atoms with E-state index in [4.69, 9.17) is 4.74 Å². The molecule has 1 atom stereocenters. The number of methoxy groups -OCH3 is 1. The molecule has 6 nitrogen and oxygen atoms in total. The van der Waals surface area contributed by atoms with Crippen molar-refractivity contribution in [2.45, 2.75) is 25.7 Å². The number of hydrogen-bond acceptors (Lipinski definition) is 5. The van der Waals surface area contributed by atoms with Gasteiger partial charge in [-0.1, -0.05) is 18.2 Å². The van der Waals surface area contributed by atoms with Gasteiger partial charge in [-0.15, -0.1) is 35.3 Å². The fraction of sp³-hybridized carbons (Fsp3) is 0.474. The summed E-state index contributed by atoms with van der Waals surface area (Å²) in [7, 11) is 5.57. The zero-order valence-corrected chi connectivity index (χ0v) is 20.4. The fourth-order valence-corrected chi connectivity index (χ4v) is 3.43. The fourth-order valence-electron chi connectivity index (χ4n) is 2.71. The molecule has 2 aromatic rings. The van der Waals surface area contributed by atoms with Crippen molar-refractivity contribution in [1.29, 1.82) is 0 Å². The van der Waals surface area contributed by atoms with Crippen LogP contribution in [0.25, 0.3) is 0 Å². The van der Waals surface area contributed by atoms with Crippen molar-refractivity contribution in [3.05, 3.63) is 45.9 Å². The second-order valence-corrected chi connectivity index (χ2v) is 7.36. The number of aliphatic imine (C=N–C) groups is 1. The van der Waals surface area contributed by atoms with E-state index in [0.29, 0.717) is 24.1 Å². The Balaban J connectivity index is 0.00000450. The van der Waals surface area contributed by atoms with Crippen LogP contribution in [0.15, 0.2) is 34.6 Å². The van der Waals surface area contributed by atoms with E-state index in [0.717, 1.165) is 28.0 Å². The molecule has 0 saturated carbocycles. The van der Waals surface area contributed by atoms with Crippen molar-refractivity contribution in [3.63, 3.8) is 0 Å². The number of halogens is 4. The Labute approximate surface area is 196 Å². The van der Waals surface area contributed by atoms with Crippen LogP contribution in [0.5, 0.6) is 5.75 Å². The molecule has 0 bridgehead atoms. The van der Waals surface area contributed by atoms with Crippen molar-refractivity contribution in [1.82, 2.24) is 20.5 Å². The van der Waals surface area contributed by atoms with Crippen molar-refractivity contribution >= 4 is 41.3 Å². The number of thiazole rings is 1.